The monoisotopic (exact) mass is 252 g/mol. The second-order valence-electron chi connectivity index (χ2n) is 4.41. The third kappa shape index (κ3) is 2.36. The average molecular weight is 252 g/mol. The van der Waals surface area contributed by atoms with Crippen LogP contribution in [0.1, 0.15) is 30.6 Å². The molecule has 1 aliphatic heterocycles. The predicted molar refractivity (Wildman–Crippen MR) is 65.3 cm³/mol. The Labute approximate surface area is 106 Å². The highest BCUT2D eigenvalue weighted by molar-refractivity contribution is 5.98. The molecule has 18 heavy (non-hydrogen) atoms. The Morgan fingerprint density at radius 1 is 1.67 bits per heavy atom. The number of ketones is 1. The second-order valence-corrected chi connectivity index (χ2v) is 4.41. The van der Waals surface area contributed by atoms with Crippen molar-refractivity contribution in [3.8, 4) is 5.88 Å². The van der Waals surface area contributed by atoms with Crippen molar-refractivity contribution in [2.24, 2.45) is 5.92 Å². The van der Waals surface area contributed by atoms with E-state index in [9.17, 15) is 9.18 Å². The van der Waals surface area contributed by atoms with Gasteiger partial charge in [0, 0.05) is 18.2 Å². The van der Waals surface area contributed by atoms with Crippen molar-refractivity contribution in [1.29, 1.82) is 0 Å². The molecule has 4 nitrogen and oxygen atoms in total. The van der Waals surface area contributed by atoms with Crippen LogP contribution >= 0.6 is 0 Å². The SMILES string of the molecule is CCOc1nccc(C(=O)C2CCNC2C)c1F. The number of nitrogens with one attached hydrogen (secondary N) is 1. The first kappa shape index (κ1) is 13.0. The molecule has 2 rings (SSSR count). The van der Waals surface area contributed by atoms with Crippen molar-refractivity contribution < 1.29 is 13.9 Å². The van der Waals surface area contributed by atoms with E-state index in [-0.39, 0.29) is 29.2 Å². The summed E-state index contributed by atoms with van der Waals surface area (Å²) in [5, 5.41) is 3.19. The van der Waals surface area contributed by atoms with Gasteiger partial charge < -0.3 is 10.1 Å². The Balaban J connectivity index is 2.27. The van der Waals surface area contributed by atoms with Crippen LogP contribution in [0.25, 0.3) is 0 Å². The maximum Gasteiger partial charge on any atom is 0.251 e. The maximum absolute atomic E-state index is 14.1. The van der Waals surface area contributed by atoms with Gasteiger partial charge in [-0.3, -0.25) is 4.79 Å². The van der Waals surface area contributed by atoms with Gasteiger partial charge in [0.2, 0.25) is 0 Å². The van der Waals surface area contributed by atoms with E-state index in [2.05, 4.69) is 10.3 Å². The van der Waals surface area contributed by atoms with Crippen LogP contribution < -0.4 is 10.1 Å². The summed E-state index contributed by atoms with van der Waals surface area (Å²) in [5.41, 5.74) is 0.0778. The molecule has 0 aromatic carbocycles. The van der Waals surface area contributed by atoms with E-state index in [4.69, 9.17) is 4.74 Å². The molecule has 98 valence electrons. The minimum Gasteiger partial charge on any atom is -0.476 e. The maximum atomic E-state index is 14.1. The van der Waals surface area contributed by atoms with E-state index >= 15 is 0 Å². The Kier molecular flexibility index (Phi) is 3.91. The highest BCUT2D eigenvalue weighted by atomic mass is 19.1. The van der Waals surface area contributed by atoms with Crippen molar-refractivity contribution in [3.05, 3.63) is 23.6 Å². The van der Waals surface area contributed by atoms with Gasteiger partial charge in [0.15, 0.2) is 11.6 Å². The third-order valence-corrected chi connectivity index (χ3v) is 3.27. The Morgan fingerprint density at radius 3 is 3.06 bits per heavy atom. The molecule has 0 aliphatic carbocycles. The van der Waals surface area contributed by atoms with Gasteiger partial charge in [-0.2, -0.15) is 0 Å². The molecule has 1 saturated heterocycles. The van der Waals surface area contributed by atoms with Crippen LogP contribution in [0.15, 0.2) is 12.3 Å². The first-order valence-electron chi connectivity index (χ1n) is 6.20. The molecule has 2 atom stereocenters. The molecule has 1 aromatic rings. The number of aromatic nitrogens is 1. The van der Waals surface area contributed by atoms with Crippen LogP contribution in [0.4, 0.5) is 4.39 Å². The van der Waals surface area contributed by atoms with E-state index in [1.54, 1.807) is 6.92 Å². The number of pyridine rings is 1. The molecular formula is C13H17FN2O2. The van der Waals surface area contributed by atoms with Crippen LogP contribution in [0.3, 0.4) is 0 Å². The number of carbonyl (C=O) groups excluding carboxylic acids is 1. The number of hydrogen-bond donors (Lipinski definition) is 1. The fraction of sp³-hybridized carbons (Fsp3) is 0.538. The Morgan fingerprint density at radius 2 is 2.44 bits per heavy atom. The van der Waals surface area contributed by atoms with Crippen LogP contribution in [0.2, 0.25) is 0 Å². The van der Waals surface area contributed by atoms with Crippen molar-refractivity contribution >= 4 is 5.78 Å². The lowest BCUT2D eigenvalue weighted by Crippen LogP contribution is -2.28. The molecule has 0 spiro atoms. The molecule has 2 unspecified atom stereocenters. The molecule has 0 bridgehead atoms. The number of carbonyl (C=O) groups is 1. The number of halogens is 1. The Bertz CT molecular complexity index is 451. The molecule has 1 N–H and O–H groups in total. The zero-order chi connectivity index (χ0) is 13.1. The van der Waals surface area contributed by atoms with Crippen LogP contribution in [0.5, 0.6) is 5.88 Å². The zero-order valence-corrected chi connectivity index (χ0v) is 10.6. The van der Waals surface area contributed by atoms with Crippen LogP contribution in [-0.4, -0.2) is 30.0 Å². The third-order valence-electron chi connectivity index (χ3n) is 3.27. The van der Waals surface area contributed by atoms with Gasteiger partial charge in [0.05, 0.1) is 12.2 Å². The van der Waals surface area contributed by atoms with Gasteiger partial charge in [0.25, 0.3) is 5.88 Å². The summed E-state index contributed by atoms with van der Waals surface area (Å²) in [6.45, 7) is 4.81. The van der Waals surface area contributed by atoms with Crippen molar-refractivity contribution in [2.75, 3.05) is 13.2 Å². The van der Waals surface area contributed by atoms with Gasteiger partial charge in [-0.05, 0) is 32.9 Å². The van der Waals surface area contributed by atoms with Crippen LogP contribution in [0, 0.1) is 11.7 Å². The van der Waals surface area contributed by atoms with Gasteiger partial charge >= 0.3 is 0 Å². The average Bonchev–Trinajstić information content (AvgIpc) is 2.78. The molecule has 5 heteroatoms. The molecule has 0 radical (unpaired) electrons. The molecule has 1 aliphatic rings. The summed E-state index contributed by atoms with van der Waals surface area (Å²) in [4.78, 5) is 16.1. The van der Waals surface area contributed by atoms with Gasteiger partial charge in [0.1, 0.15) is 0 Å². The first-order valence-corrected chi connectivity index (χ1v) is 6.20. The summed E-state index contributed by atoms with van der Waals surface area (Å²) >= 11 is 0. The highest BCUT2D eigenvalue weighted by Crippen LogP contribution is 2.25. The largest absolute Gasteiger partial charge is 0.476 e. The van der Waals surface area contributed by atoms with E-state index < -0.39 is 5.82 Å². The topological polar surface area (TPSA) is 51.2 Å². The fourth-order valence-electron chi connectivity index (χ4n) is 2.27. The number of nitrogens with zero attached hydrogens (tertiary/aromatic N) is 1. The number of hydrogen-bond acceptors (Lipinski definition) is 4. The lowest BCUT2D eigenvalue weighted by molar-refractivity contribution is 0.0908. The number of ether oxygens (including phenoxy) is 1. The quantitative estimate of drug-likeness (QED) is 0.830. The van der Waals surface area contributed by atoms with E-state index in [0.29, 0.717) is 6.61 Å². The number of rotatable bonds is 4. The minimum atomic E-state index is -0.650. The van der Waals surface area contributed by atoms with Gasteiger partial charge in [-0.1, -0.05) is 0 Å². The second kappa shape index (κ2) is 5.44. The standard InChI is InChI=1S/C13H17FN2O2/c1-3-18-13-11(14)10(5-7-16-13)12(17)9-4-6-15-8(9)2/h5,7-9,15H,3-4,6H2,1-2H3. The summed E-state index contributed by atoms with van der Waals surface area (Å²) in [6, 6.07) is 1.51. The summed E-state index contributed by atoms with van der Waals surface area (Å²) in [5.74, 6) is -1.09. The summed E-state index contributed by atoms with van der Waals surface area (Å²) < 4.78 is 19.1. The molecule has 2 heterocycles. The summed E-state index contributed by atoms with van der Waals surface area (Å²) in [7, 11) is 0. The van der Waals surface area contributed by atoms with E-state index in [0.717, 1.165) is 13.0 Å². The molecule has 1 fully saturated rings. The molecular weight excluding hydrogens is 235 g/mol. The highest BCUT2D eigenvalue weighted by Gasteiger charge is 2.32. The predicted octanol–water partition coefficient (Wildman–Crippen LogP) is 1.80. The van der Waals surface area contributed by atoms with E-state index in [1.807, 2.05) is 6.92 Å². The molecule has 0 saturated carbocycles. The number of Topliss-reactive ketones (excluding diaryl/α,β-unsaturated/α-hetero) is 1. The Hall–Kier alpha value is -1.49. The zero-order valence-electron chi connectivity index (χ0n) is 10.6. The smallest absolute Gasteiger partial charge is 0.251 e. The summed E-state index contributed by atoms with van der Waals surface area (Å²) in [6.07, 6.45) is 2.15. The fourth-order valence-corrected chi connectivity index (χ4v) is 2.27. The van der Waals surface area contributed by atoms with Crippen LogP contribution in [-0.2, 0) is 0 Å². The first-order chi connectivity index (χ1) is 8.65. The lowest BCUT2D eigenvalue weighted by Gasteiger charge is -2.14. The van der Waals surface area contributed by atoms with Gasteiger partial charge in [-0.25, -0.2) is 9.37 Å². The normalized spacial score (nSPS) is 23.1. The van der Waals surface area contributed by atoms with Crippen molar-refractivity contribution in [1.82, 2.24) is 10.3 Å². The van der Waals surface area contributed by atoms with Gasteiger partial charge in [-0.15, -0.1) is 0 Å². The van der Waals surface area contributed by atoms with Crippen molar-refractivity contribution in [2.45, 2.75) is 26.3 Å². The lowest BCUT2D eigenvalue weighted by atomic mass is 9.92. The molecule has 1 aromatic heterocycles. The van der Waals surface area contributed by atoms with Crippen molar-refractivity contribution in [3.63, 3.8) is 0 Å². The minimum absolute atomic E-state index is 0.0778. The molecule has 0 amide bonds. The van der Waals surface area contributed by atoms with E-state index in [1.165, 1.54) is 12.3 Å².